The first-order valence-electron chi connectivity index (χ1n) is 8.23. The third-order valence-electron chi connectivity index (χ3n) is 3.26. The third-order valence-corrected chi connectivity index (χ3v) is 4.88. The zero-order chi connectivity index (χ0) is 19.2. The van der Waals surface area contributed by atoms with Crippen molar-refractivity contribution >= 4 is 38.7 Å². The van der Waals surface area contributed by atoms with Gasteiger partial charge in [-0.2, -0.15) is 0 Å². The second-order valence-corrected chi connectivity index (χ2v) is 7.93. The molecule has 0 saturated carbocycles. The molecule has 0 fully saturated rings. The maximum Gasteiger partial charge on any atom is 0.261 e. The van der Waals surface area contributed by atoms with Crippen LogP contribution in [0.3, 0.4) is 0 Å². The van der Waals surface area contributed by atoms with E-state index in [1.807, 2.05) is 20.8 Å². The lowest BCUT2D eigenvalue weighted by Gasteiger charge is -2.13. The molecule has 0 bridgehead atoms. The van der Waals surface area contributed by atoms with Gasteiger partial charge in [0, 0.05) is 17.4 Å². The molecule has 2 rings (SSSR count). The number of hydrogen-bond acceptors (Lipinski definition) is 4. The summed E-state index contributed by atoms with van der Waals surface area (Å²) in [5.74, 6) is 0.692. The van der Waals surface area contributed by atoms with Crippen molar-refractivity contribution in [1.82, 2.24) is 5.32 Å². The number of ether oxygens (including phenoxy) is 1. The van der Waals surface area contributed by atoms with E-state index in [0.29, 0.717) is 28.8 Å². The molecule has 0 aliphatic rings. The molecule has 2 aromatic carbocycles. The Bertz CT molecular complexity index is 833. The van der Waals surface area contributed by atoms with Gasteiger partial charge in [0.1, 0.15) is 5.75 Å². The van der Waals surface area contributed by atoms with E-state index in [9.17, 15) is 8.42 Å². The molecular formula is C18H23N3O3S2. The molecule has 26 heavy (non-hydrogen) atoms. The smallest absolute Gasteiger partial charge is 0.261 e. The lowest BCUT2D eigenvalue weighted by Crippen LogP contribution is -2.33. The number of hydrogen-bond donors (Lipinski definition) is 3. The first-order valence-corrected chi connectivity index (χ1v) is 10.1. The Labute approximate surface area is 160 Å². The van der Waals surface area contributed by atoms with Crippen molar-refractivity contribution in [3.05, 3.63) is 48.5 Å². The predicted octanol–water partition coefficient (Wildman–Crippen LogP) is 3.58. The molecule has 6 nitrogen and oxygen atoms in total. The highest BCUT2D eigenvalue weighted by atomic mass is 32.2. The highest BCUT2D eigenvalue weighted by Crippen LogP contribution is 2.20. The molecular weight excluding hydrogens is 370 g/mol. The first kappa shape index (κ1) is 20.0. The van der Waals surface area contributed by atoms with Gasteiger partial charge in [0.2, 0.25) is 0 Å². The number of nitrogens with one attached hydrogen (secondary N) is 3. The normalized spacial score (nSPS) is 11.1. The molecule has 0 aliphatic carbocycles. The van der Waals surface area contributed by atoms with Crippen LogP contribution in [0.25, 0.3) is 0 Å². The third kappa shape index (κ3) is 5.89. The van der Waals surface area contributed by atoms with Gasteiger partial charge >= 0.3 is 0 Å². The highest BCUT2D eigenvalue weighted by Gasteiger charge is 2.14. The molecule has 0 radical (unpaired) electrons. The predicted molar refractivity (Wildman–Crippen MR) is 109 cm³/mol. The van der Waals surface area contributed by atoms with Gasteiger partial charge in [-0.15, -0.1) is 0 Å². The van der Waals surface area contributed by atoms with E-state index >= 15 is 0 Å². The molecule has 8 heteroatoms. The van der Waals surface area contributed by atoms with Gasteiger partial charge in [0.25, 0.3) is 10.0 Å². The van der Waals surface area contributed by atoms with E-state index in [2.05, 4.69) is 15.4 Å². The summed E-state index contributed by atoms with van der Waals surface area (Å²) in [4.78, 5) is 0.166. The second-order valence-electron chi connectivity index (χ2n) is 5.84. The van der Waals surface area contributed by atoms with Gasteiger partial charge < -0.3 is 15.4 Å². The van der Waals surface area contributed by atoms with E-state index in [-0.39, 0.29) is 10.9 Å². The Balaban J connectivity index is 2.05. The van der Waals surface area contributed by atoms with Gasteiger partial charge in [-0.25, -0.2) is 8.42 Å². The lowest BCUT2D eigenvalue weighted by atomic mass is 10.3. The van der Waals surface area contributed by atoms with Crippen LogP contribution >= 0.6 is 12.2 Å². The summed E-state index contributed by atoms with van der Waals surface area (Å²) in [6.45, 7) is 6.41. The van der Waals surface area contributed by atoms with Crippen LogP contribution in [0.5, 0.6) is 5.75 Å². The van der Waals surface area contributed by atoms with E-state index < -0.39 is 10.0 Å². The molecule has 0 aliphatic heterocycles. The molecule has 0 atom stereocenters. The average Bonchev–Trinajstić information content (AvgIpc) is 2.56. The van der Waals surface area contributed by atoms with Crippen LogP contribution in [0.1, 0.15) is 20.8 Å². The summed E-state index contributed by atoms with van der Waals surface area (Å²) in [5.41, 5.74) is 1.18. The number of sulfonamides is 1. The van der Waals surface area contributed by atoms with Crippen molar-refractivity contribution in [2.24, 2.45) is 0 Å². The maximum atomic E-state index is 12.5. The van der Waals surface area contributed by atoms with Crippen LogP contribution in [0.15, 0.2) is 53.4 Å². The van der Waals surface area contributed by atoms with Gasteiger partial charge in [-0.1, -0.05) is 0 Å². The molecule has 2 aromatic rings. The topological polar surface area (TPSA) is 79.5 Å². The fourth-order valence-electron chi connectivity index (χ4n) is 2.15. The van der Waals surface area contributed by atoms with Crippen molar-refractivity contribution in [2.45, 2.75) is 31.7 Å². The Morgan fingerprint density at radius 1 is 1.04 bits per heavy atom. The summed E-state index contributed by atoms with van der Waals surface area (Å²) >= 11 is 5.17. The van der Waals surface area contributed by atoms with E-state index in [1.165, 1.54) is 12.1 Å². The largest absolute Gasteiger partial charge is 0.494 e. The van der Waals surface area contributed by atoms with Crippen LogP contribution in [0.2, 0.25) is 0 Å². The number of anilines is 2. The summed E-state index contributed by atoms with van der Waals surface area (Å²) in [5, 5.41) is 6.56. The Morgan fingerprint density at radius 3 is 2.15 bits per heavy atom. The van der Waals surface area contributed by atoms with Gasteiger partial charge in [0.05, 0.1) is 11.5 Å². The van der Waals surface area contributed by atoms with Crippen molar-refractivity contribution in [2.75, 3.05) is 16.6 Å². The monoisotopic (exact) mass is 393 g/mol. The Morgan fingerprint density at radius 2 is 1.62 bits per heavy atom. The summed E-state index contributed by atoms with van der Waals surface area (Å²) in [6, 6.07) is 13.4. The molecule has 0 unspecified atom stereocenters. The van der Waals surface area contributed by atoms with E-state index in [0.717, 1.165) is 0 Å². The number of rotatable bonds is 7. The van der Waals surface area contributed by atoms with Crippen LogP contribution in [0.4, 0.5) is 11.4 Å². The van der Waals surface area contributed by atoms with Gasteiger partial charge in [-0.05, 0) is 81.5 Å². The van der Waals surface area contributed by atoms with Gasteiger partial charge in [-0.3, -0.25) is 4.72 Å². The zero-order valence-corrected chi connectivity index (χ0v) is 16.6. The Hall–Kier alpha value is -2.32. The fraction of sp³-hybridized carbons (Fsp3) is 0.278. The molecule has 0 heterocycles. The SMILES string of the molecule is CCOc1ccc(NS(=O)(=O)c2ccc(NC(=S)NC(C)C)cc2)cc1. The minimum atomic E-state index is -3.67. The van der Waals surface area contributed by atoms with Crippen molar-refractivity contribution in [1.29, 1.82) is 0 Å². The van der Waals surface area contributed by atoms with Crippen molar-refractivity contribution in [3.8, 4) is 5.75 Å². The average molecular weight is 394 g/mol. The highest BCUT2D eigenvalue weighted by molar-refractivity contribution is 7.92. The van der Waals surface area contributed by atoms with Crippen LogP contribution in [-0.2, 0) is 10.0 Å². The summed E-state index contributed by atoms with van der Waals surface area (Å²) < 4.78 is 32.9. The summed E-state index contributed by atoms with van der Waals surface area (Å²) in [7, 11) is -3.67. The standard InChI is InChI=1S/C18H23N3O3S2/c1-4-24-16-9-5-15(6-10-16)21-26(22,23)17-11-7-14(8-12-17)20-18(25)19-13(2)3/h5-13,21H,4H2,1-3H3,(H2,19,20,25). The Kier molecular flexibility index (Phi) is 6.82. The van der Waals surface area contributed by atoms with Crippen LogP contribution < -0.4 is 20.1 Å². The lowest BCUT2D eigenvalue weighted by molar-refractivity contribution is 0.340. The molecule has 140 valence electrons. The van der Waals surface area contributed by atoms with E-state index in [1.54, 1.807) is 36.4 Å². The minimum Gasteiger partial charge on any atom is -0.494 e. The van der Waals surface area contributed by atoms with Crippen molar-refractivity contribution in [3.63, 3.8) is 0 Å². The zero-order valence-electron chi connectivity index (χ0n) is 14.9. The first-order chi connectivity index (χ1) is 12.3. The second kappa shape index (κ2) is 8.86. The quantitative estimate of drug-likeness (QED) is 0.624. The van der Waals surface area contributed by atoms with Crippen molar-refractivity contribution < 1.29 is 13.2 Å². The molecule has 3 N–H and O–H groups in total. The molecule has 0 saturated heterocycles. The molecule has 0 spiro atoms. The number of thiocarbonyl (C=S) groups is 1. The minimum absolute atomic E-state index is 0.166. The van der Waals surface area contributed by atoms with Crippen LogP contribution in [-0.4, -0.2) is 26.2 Å². The molecule has 0 amide bonds. The van der Waals surface area contributed by atoms with Crippen LogP contribution in [0, 0.1) is 0 Å². The van der Waals surface area contributed by atoms with E-state index in [4.69, 9.17) is 17.0 Å². The van der Waals surface area contributed by atoms with Gasteiger partial charge in [0.15, 0.2) is 5.11 Å². The number of benzene rings is 2. The molecule has 0 aromatic heterocycles. The summed E-state index contributed by atoms with van der Waals surface area (Å²) in [6.07, 6.45) is 0. The maximum absolute atomic E-state index is 12.5. The fourth-order valence-corrected chi connectivity index (χ4v) is 3.56.